The second-order valence-electron chi connectivity index (χ2n) is 9.58. The van der Waals surface area contributed by atoms with Crippen LogP contribution < -0.4 is 0 Å². The number of nitrogens with zero attached hydrogens (tertiary/aromatic N) is 1. The molecule has 0 saturated heterocycles. The molecule has 0 aromatic carbocycles. The Balaban J connectivity index is 1.37. The van der Waals surface area contributed by atoms with Gasteiger partial charge in [0.2, 0.25) is 0 Å². The van der Waals surface area contributed by atoms with Gasteiger partial charge in [0.25, 0.3) is 0 Å². The van der Waals surface area contributed by atoms with E-state index in [1.807, 2.05) is 0 Å². The highest BCUT2D eigenvalue weighted by Crippen LogP contribution is 2.44. The van der Waals surface area contributed by atoms with E-state index in [4.69, 9.17) is 4.98 Å². The fraction of sp³-hybridized carbons (Fsp3) is 0.808. The summed E-state index contributed by atoms with van der Waals surface area (Å²) < 4.78 is 0. The van der Waals surface area contributed by atoms with Crippen molar-refractivity contribution >= 4 is 0 Å². The van der Waals surface area contributed by atoms with E-state index in [0.29, 0.717) is 0 Å². The lowest BCUT2D eigenvalue weighted by molar-refractivity contribution is 0.155. The normalized spacial score (nSPS) is 29.0. The average molecular weight is 370 g/mol. The third-order valence-electron chi connectivity index (χ3n) is 7.60. The predicted octanol–water partition coefficient (Wildman–Crippen LogP) is 8.08. The smallest absolute Gasteiger partial charge is 0.0434 e. The molecule has 0 atom stereocenters. The first kappa shape index (κ1) is 20.9. The Hall–Kier alpha value is -0.850. The molecule has 2 aliphatic rings. The number of aryl methyl sites for hydroxylation is 1. The van der Waals surface area contributed by atoms with Gasteiger partial charge in [-0.1, -0.05) is 71.3 Å². The van der Waals surface area contributed by atoms with Gasteiger partial charge in [-0.25, -0.2) is 0 Å². The van der Waals surface area contributed by atoms with E-state index >= 15 is 0 Å². The summed E-state index contributed by atoms with van der Waals surface area (Å²) in [4.78, 5) is 4.81. The number of pyridine rings is 1. The molecule has 1 nitrogen and oxygen atoms in total. The monoisotopic (exact) mass is 369 g/mol. The minimum atomic E-state index is 0.729. The third kappa shape index (κ3) is 6.33. The van der Waals surface area contributed by atoms with Crippen LogP contribution in [0.3, 0.4) is 0 Å². The van der Waals surface area contributed by atoms with Crippen molar-refractivity contribution in [3.63, 3.8) is 0 Å². The molecule has 1 heterocycles. The molecule has 0 spiro atoms. The van der Waals surface area contributed by atoms with Crippen molar-refractivity contribution in [2.24, 2.45) is 17.8 Å². The Morgan fingerprint density at radius 2 is 1.48 bits per heavy atom. The molecule has 1 heteroatoms. The van der Waals surface area contributed by atoms with E-state index in [-0.39, 0.29) is 0 Å². The van der Waals surface area contributed by atoms with Crippen LogP contribution in [-0.4, -0.2) is 4.98 Å². The maximum Gasteiger partial charge on any atom is 0.0434 e. The zero-order valence-electron chi connectivity index (χ0n) is 18.1. The van der Waals surface area contributed by atoms with E-state index in [1.54, 1.807) is 0 Å². The Kier molecular flexibility index (Phi) is 8.68. The first-order valence-electron chi connectivity index (χ1n) is 12.2. The van der Waals surface area contributed by atoms with Crippen LogP contribution in [0, 0.1) is 17.8 Å². The van der Waals surface area contributed by atoms with Crippen molar-refractivity contribution in [2.45, 2.75) is 116 Å². The van der Waals surface area contributed by atoms with Crippen molar-refractivity contribution in [1.29, 1.82) is 0 Å². The van der Waals surface area contributed by atoms with Gasteiger partial charge in [-0.3, -0.25) is 4.98 Å². The summed E-state index contributed by atoms with van der Waals surface area (Å²) in [6.45, 7) is 4.56. The van der Waals surface area contributed by atoms with Gasteiger partial charge in [0, 0.05) is 17.8 Å². The van der Waals surface area contributed by atoms with Gasteiger partial charge >= 0.3 is 0 Å². The Bertz CT molecular complexity index is 504. The van der Waals surface area contributed by atoms with Gasteiger partial charge in [-0.15, -0.1) is 0 Å². The van der Waals surface area contributed by atoms with Crippen LogP contribution in [0.15, 0.2) is 18.3 Å². The summed E-state index contributed by atoms with van der Waals surface area (Å²) in [5.74, 6) is 3.84. The number of aromatic nitrogens is 1. The molecule has 0 amide bonds. The lowest BCUT2D eigenvalue weighted by Crippen LogP contribution is -2.25. The summed E-state index contributed by atoms with van der Waals surface area (Å²) in [6, 6.07) is 4.64. The minimum Gasteiger partial charge on any atom is -0.261 e. The van der Waals surface area contributed by atoms with Crippen LogP contribution in [0.2, 0.25) is 0 Å². The lowest BCUT2D eigenvalue weighted by Gasteiger charge is -2.38. The predicted molar refractivity (Wildman–Crippen MR) is 117 cm³/mol. The van der Waals surface area contributed by atoms with Crippen LogP contribution in [0.1, 0.15) is 121 Å². The molecule has 0 aliphatic heterocycles. The average Bonchev–Trinajstić information content (AvgIpc) is 2.73. The molecule has 0 bridgehead atoms. The number of hydrogen-bond donors (Lipinski definition) is 0. The van der Waals surface area contributed by atoms with Gasteiger partial charge in [0.1, 0.15) is 0 Å². The molecule has 152 valence electrons. The van der Waals surface area contributed by atoms with E-state index in [9.17, 15) is 0 Å². The largest absolute Gasteiger partial charge is 0.261 e. The zero-order valence-corrected chi connectivity index (χ0v) is 18.1. The molecule has 27 heavy (non-hydrogen) atoms. The van der Waals surface area contributed by atoms with Gasteiger partial charge in [-0.05, 0) is 74.3 Å². The Labute approximate surface area is 168 Å². The van der Waals surface area contributed by atoms with Crippen LogP contribution in [0.4, 0.5) is 0 Å². The molecular weight excluding hydrogens is 326 g/mol. The fourth-order valence-corrected chi connectivity index (χ4v) is 5.81. The summed E-state index contributed by atoms with van der Waals surface area (Å²) in [5, 5.41) is 0. The molecule has 1 aromatic rings. The van der Waals surface area contributed by atoms with Crippen LogP contribution in [0.25, 0.3) is 0 Å². The lowest BCUT2D eigenvalue weighted by atomic mass is 9.68. The van der Waals surface area contributed by atoms with Crippen LogP contribution in [-0.2, 0) is 6.42 Å². The Morgan fingerprint density at radius 1 is 0.778 bits per heavy atom. The maximum atomic E-state index is 4.81. The molecule has 0 N–H and O–H groups in total. The molecule has 0 radical (unpaired) electrons. The van der Waals surface area contributed by atoms with Crippen LogP contribution >= 0.6 is 0 Å². The van der Waals surface area contributed by atoms with E-state index in [1.165, 1.54) is 108 Å². The fourth-order valence-electron chi connectivity index (χ4n) is 5.81. The highest BCUT2D eigenvalue weighted by atomic mass is 14.7. The second-order valence-corrected chi connectivity index (χ2v) is 9.58. The van der Waals surface area contributed by atoms with Gasteiger partial charge in [0.15, 0.2) is 0 Å². The molecular formula is C26H43N. The summed E-state index contributed by atoms with van der Waals surface area (Å²) in [7, 11) is 0. The second kappa shape index (κ2) is 11.2. The van der Waals surface area contributed by atoms with Gasteiger partial charge < -0.3 is 0 Å². The van der Waals surface area contributed by atoms with Crippen LogP contribution in [0.5, 0.6) is 0 Å². The highest BCUT2D eigenvalue weighted by molar-refractivity contribution is 5.17. The molecule has 2 saturated carbocycles. The topological polar surface area (TPSA) is 12.9 Å². The summed E-state index contributed by atoms with van der Waals surface area (Å²) >= 11 is 0. The van der Waals surface area contributed by atoms with E-state index < -0.39 is 0 Å². The van der Waals surface area contributed by atoms with Gasteiger partial charge in [0.05, 0.1) is 0 Å². The molecule has 3 rings (SSSR count). The Morgan fingerprint density at radius 3 is 2.07 bits per heavy atom. The molecule has 2 aliphatic carbocycles. The standard InChI is InChI=1S/C26H43N/c1-3-5-6-7-9-21-10-13-23(14-11-21)24-15-17-25(18-16-24)26-19-12-22(8-4-2)20-27-26/h12,19-21,23-25H,3-11,13-18H2,1-2H3/t21-,23-,24-,25-. The molecule has 0 unspecified atom stereocenters. The number of rotatable bonds is 9. The third-order valence-corrected chi connectivity index (χ3v) is 7.60. The van der Waals surface area contributed by atoms with Crippen molar-refractivity contribution < 1.29 is 0 Å². The molecule has 1 aromatic heterocycles. The zero-order chi connectivity index (χ0) is 18.9. The number of hydrogen-bond acceptors (Lipinski definition) is 1. The van der Waals surface area contributed by atoms with Gasteiger partial charge in [-0.2, -0.15) is 0 Å². The van der Waals surface area contributed by atoms with Crippen molar-refractivity contribution in [3.05, 3.63) is 29.6 Å². The van der Waals surface area contributed by atoms with Crippen molar-refractivity contribution in [2.75, 3.05) is 0 Å². The van der Waals surface area contributed by atoms with Crippen molar-refractivity contribution in [1.82, 2.24) is 4.98 Å². The van der Waals surface area contributed by atoms with Crippen molar-refractivity contribution in [3.8, 4) is 0 Å². The molecule has 2 fully saturated rings. The quantitative estimate of drug-likeness (QED) is 0.401. The summed E-state index contributed by atoms with van der Waals surface area (Å²) in [6.07, 6.45) is 23.5. The first-order chi connectivity index (χ1) is 13.3. The summed E-state index contributed by atoms with van der Waals surface area (Å²) in [5.41, 5.74) is 2.77. The number of unbranched alkanes of at least 4 members (excludes halogenated alkanes) is 3. The highest BCUT2D eigenvalue weighted by Gasteiger charge is 2.31. The van der Waals surface area contributed by atoms with E-state index in [0.717, 1.165) is 23.7 Å². The first-order valence-corrected chi connectivity index (χ1v) is 12.2. The minimum absolute atomic E-state index is 0.729. The van der Waals surface area contributed by atoms with E-state index in [2.05, 4.69) is 32.2 Å². The maximum absolute atomic E-state index is 4.81. The SMILES string of the molecule is CCCCCC[C@H]1CC[C@H]([C@H]2CC[C@H](c3ccc(CCC)cn3)CC2)CC1.